The van der Waals surface area contributed by atoms with E-state index in [1.54, 1.807) is 6.20 Å². The Balaban J connectivity index is 1.99. The number of H-pyrrole nitrogens is 1. The lowest BCUT2D eigenvalue weighted by Gasteiger charge is -2.13. The smallest absolute Gasteiger partial charge is 0.226 e. The van der Waals surface area contributed by atoms with Gasteiger partial charge in [-0.15, -0.1) is 0 Å². The van der Waals surface area contributed by atoms with Crippen molar-refractivity contribution in [2.45, 2.75) is 25.7 Å². The Morgan fingerprint density at radius 1 is 1.21 bits per heavy atom. The summed E-state index contributed by atoms with van der Waals surface area (Å²) in [5.41, 5.74) is 3.04. The third-order valence-corrected chi connectivity index (χ3v) is 3.69. The highest BCUT2D eigenvalue weighted by Gasteiger charge is 2.19. The Labute approximate surface area is 113 Å². The van der Waals surface area contributed by atoms with E-state index in [4.69, 9.17) is 11.6 Å². The number of hydrogen-bond acceptors (Lipinski definition) is 4. The molecule has 0 aromatic carbocycles. The van der Waals surface area contributed by atoms with Gasteiger partial charge in [-0.25, -0.2) is 4.98 Å². The maximum atomic E-state index is 5.98. The fourth-order valence-electron chi connectivity index (χ4n) is 2.63. The van der Waals surface area contributed by atoms with E-state index in [2.05, 4.69) is 25.1 Å². The van der Waals surface area contributed by atoms with E-state index in [1.165, 1.54) is 18.5 Å². The van der Waals surface area contributed by atoms with E-state index in [9.17, 15) is 0 Å². The molecule has 7 heteroatoms. The number of halogens is 1. The average Bonchev–Trinajstić information content (AvgIpc) is 3.03. The van der Waals surface area contributed by atoms with Crippen LogP contribution < -0.4 is 0 Å². The lowest BCUT2D eigenvalue weighted by Crippen LogP contribution is -2.08. The molecule has 4 rings (SSSR count). The van der Waals surface area contributed by atoms with Crippen LogP contribution in [0.25, 0.3) is 16.9 Å². The topological polar surface area (TPSA) is 72.3 Å². The molecule has 0 spiro atoms. The monoisotopic (exact) mass is 274 g/mol. The minimum atomic E-state index is 0.213. The van der Waals surface area contributed by atoms with E-state index in [-0.39, 0.29) is 5.28 Å². The number of nitrogens with zero attached hydrogens (tertiary/aromatic N) is 5. The fourth-order valence-corrected chi connectivity index (χ4v) is 2.79. The summed E-state index contributed by atoms with van der Waals surface area (Å²) >= 11 is 5.98. The van der Waals surface area contributed by atoms with Gasteiger partial charge in [0.05, 0.1) is 17.3 Å². The van der Waals surface area contributed by atoms with Crippen LogP contribution in [0.5, 0.6) is 0 Å². The van der Waals surface area contributed by atoms with Gasteiger partial charge in [-0.1, -0.05) is 0 Å². The van der Waals surface area contributed by atoms with Crippen molar-refractivity contribution in [2.75, 3.05) is 0 Å². The number of rotatable bonds is 1. The minimum absolute atomic E-state index is 0.213. The molecule has 1 N–H and O–H groups in total. The molecular weight excluding hydrogens is 264 g/mol. The summed E-state index contributed by atoms with van der Waals surface area (Å²) in [6, 6.07) is 0. The van der Waals surface area contributed by atoms with Crippen LogP contribution >= 0.6 is 11.6 Å². The number of imidazole rings is 1. The summed E-state index contributed by atoms with van der Waals surface area (Å²) in [5.74, 6) is 0.749. The van der Waals surface area contributed by atoms with Crippen LogP contribution in [0.15, 0.2) is 12.5 Å². The van der Waals surface area contributed by atoms with Crippen LogP contribution in [-0.4, -0.2) is 29.7 Å². The molecule has 19 heavy (non-hydrogen) atoms. The van der Waals surface area contributed by atoms with Crippen LogP contribution in [0.4, 0.5) is 0 Å². The molecule has 0 saturated carbocycles. The first-order valence-electron chi connectivity index (χ1n) is 6.25. The molecule has 1 aliphatic carbocycles. The molecule has 0 bridgehead atoms. The first-order valence-corrected chi connectivity index (χ1v) is 6.63. The third kappa shape index (κ3) is 1.63. The first-order chi connectivity index (χ1) is 9.33. The van der Waals surface area contributed by atoms with Crippen molar-refractivity contribution in [3.63, 3.8) is 0 Å². The molecule has 3 aromatic rings. The number of fused-ring (bicyclic) bond motifs is 2. The van der Waals surface area contributed by atoms with Crippen LogP contribution in [-0.2, 0) is 12.8 Å². The molecule has 0 aliphatic heterocycles. The predicted octanol–water partition coefficient (Wildman–Crippen LogP) is 2.07. The van der Waals surface area contributed by atoms with Gasteiger partial charge in [0.2, 0.25) is 5.28 Å². The molecule has 0 radical (unpaired) electrons. The molecule has 0 amide bonds. The molecule has 6 nitrogen and oxygen atoms in total. The zero-order valence-corrected chi connectivity index (χ0v) is 10.9. The predicted molar refractivity (Wildman–Crippen MR) is 70.5 cm³/mol. The van der Waals surface area contributed by atoms with E-state index in [0.717, 1.165) is 29.7 Å². The number of nitrogens with one attached hydrogen (secondary N) is 1. The van der Waals surface area contributed by atoms with Crippen LogP contribution in [0.2, 0.25) is 5.28 Å². The number of aromatic amines is 1. The number of hydrogen-bond donors (Lipinski definition) is 1. The third-order valence-electron chi connectivity index (χ3n) is 3.52. The Morgan fingerprint density at radius 2 is 2.11 bits per heavy atom. The normalized spacial score (nSPS) is 14.8. The van der Waals surface area contributed by atoms with Gasteiger partial charge in [-0.3, -0.25) is 9.67 Å². The molecule has 0 unspecified atom stereocenters. The van der Waals surface area contributed by atoms with Gasteiger partial charge in [-0.05, 0) is 37.3 Å². The highest BCUT2D eigenvalue weighted by atomic mass is 35.5. The number of aromatic nitrogens is 6. The van der Waals surface area contributed by atoms with Crippen molar-refractivity contribution in [1.82, 2.24) is 29.7 Å². The maximum absolute atomic E-state index is 5.98. The van der Waals surface area contributed by atoms with Crippen molar-refractivity contribution in [3.8, 4) is 5.82 Å². The molecule has 0 atom stereocenters. The summed E-state index contributed by atoms with van der Waals surface area (Å²) < 4.78 is 2.01. The van der Waals surface area contributed by atoms with E-state index >= 15 is 0 Å². The molecule has 0 saturated heterocycles. The average molecular weight is 275 g/mol. The Morgan fingerprint density at radius 3 is 3.05 bits per heavy atom. The molecule has 96 valence electrons. The van der Waals surface area contributed by atoms with Gasteiger partial charge in [0, 0.05) is 5.69 Å². The lowest BCUT2D eigenvalue weighted by atomic mass is 10.0. The zero-order chi connectivity index (χ0) is 12.8. The number of aryl methyl sites for hydroxylation is 1. The van der Waals surface area contributed by atoms with Crippen molar-refractivity contribution in [2.24, 2.45) is 0 Å². The van der Waals surface area contributed by atoms with Crippen molar-refractivity contribution < 1.29 is 0 Å². The quantitative estimate of drug-likeness (QED) is 0.690. The minimum Gasteiger partial charge on any atom is -0.286 e. The highest BCUT2D eigenvalue weighted by molar-refractivity contribution is 6.28. The van der Waals surface area contributed by atoms with Gasteiger partial charge in [0.15, 0.2) is 11.5 Å². The summed E-state index contributed by atoms with van der Waals surface area (Å²) in [5, 5.41) is 7.90. The van der Waals surface area contributed by atoms with Gasteiger partial charge in [0.25, 0.3) is 0 Å². The standard InChI is InChI=1S/C12H11ClN6/c13-12-16-10-7(5-15-18-10)11(17-12)19-6-14-8-3-1-2-4-9(8)19/h5-6H,1-4H2,(H,15,16,17,18). The first kappa shape index (κ1) is 10.9. The van der Waals surface area contributed by atoms with Crippen molar-refractivity contribution in [3.05, 3.63) is 29.2 Å². The maximum Gasteiger partial charge on any atom is 0.226 e. The lowest BCUT2D eigenvalue weighted by molar-refractivity contribution is 0.654. The molecular formula is C12H11ClN6. The van der Waals surface area contributed by atoms with E-state index in [0.29, 0.717) is 5.65 Å². The SMILES string of the molecule is Clc1nc(-n2cnc3c2CCCC3)c2cn[nH]c2n1. The zero-order valence-electron chi connectivity index (χ0n) is 10.1. The fraction of sp³-hybridized carbons (Fsp3) is 0.333. The summed E-state index contributed by atoms with van der Waals surface area (Å²) in [6.07, 6.45) is 7.99. The van der Waals surface area contributed by atoms with Crippen molar-refractivity contribution in [1.29, 1.82) is 0 Å². The highest BCUT2D eigenvalue weighted by Crippen LogP contribution is 2.26. The Hall–Kier alpha value is -1.95. The van der Waals surface area contributed by atoms with E-state index in [1.807, 2.05) is 10.9 Å². The Kier molecular flexibility index (Phi) is 2.32. The summed E-state index contributed by atoms with van der Waals surface area (Å²) in [4.78, 5) is 12.9. The Bertz CT molecular complexity index is 759. The molecule has 3 heterocycles. The van der Waals surface area contributed by atoms with Crippen molar-refractivity contribution >= 4 is 22.6 Å². The van der Waals surface area contributed by atoms with Crippen LogP contribution in [0.1, 0.15) is 24.2 Å². The largest absolute Gasteiger partial charge is 0.286 e. The second kappa shape index (κ2) is 4.03. The summed E-state index contributed by atoms with van der Waals surface area (Å²) in [7, 11) is 0. The van der Waals surface area contributed by atoms with Crippen LogP contribution in [0.3, 0.4) is 0 Å². The second-order valence-electron chi connectivity index (χ2n) is 4.66. The second-order valence-corrected chi connectivity index (χ2v) is 5.00. The molecule has 1 aliphatic rings. The summed E-state index contributed by atoms with van der Waals surface area (Å²) in [6.45, 7) is 0. The van der Waals surface area contributed by atoms with Gasteiger partial charge < -0.3 is 0 Å². The van der Waals surface area contributed by atoms with Crippen LogP contribution in [0, 0.1) is 0 Å². The van der Waals surface area contributed by atoms with Gasteiger partial charge in [-0.2, -0.15) is 15.1 Å². The molecule has 3 aromatic heterocycles. The van der Waals surface area contributed by atoms with Gasteiger partial charge in [0.1, 0.15) is 6.33 Å². The van der Waals surface area contributed by atoms with E-state index < -0.39 is 0 Å². The molecule has 0 fully saturated rings. The van der Waals surface area contributed by atoms with Gasteiger partial charge >= 0.3 is 0 Å².